The number of carbonyl (C=O) groups is 1. The molecule has 0 heterocycles. The largest absolute Gasteiger partial charge is 0.466 e. The quantitative estimate of drug-likeness (QED) is 0.473. The highest BCUT2D eigenvalue weighted by atomic mass is 16.5. The minimum Gasteiger partial charge on any atom is -0.466 e. The zero-order valence-corrected chi connectivity index (χ0v) is 15.7. The van der Waals surface area contributed by atoms with E-state index in [0.717, 1.165) is 44.6 Å². The van der Waals surface area contributed by atoms with Gasteiger partial charge in [-0.3, -0.25) is 9.79 Å². The molecule has 1 fully saturated rings. The van der Waals surface area contributed by atoms with Crippen molar-refractivity contribution in [3.05, 3.63) is 35.4 Å². The molecule has 5 heteroatoms. The van der Waals surface area contributed by atoms with E-state index in [1.165, 1.54) is 11.1 Å². The van der Waals surface area contributed by atoms with Crippen LogP contribution in [0.3, 0.4) is 0 Å². The normalized spacial score (nSPS) is 20.8. The number of esters is 1. The zero-order valence-electron chi connectivity index (χ0n) is 15.7. The summed E-state index contributed by atoms with van der Waals surface area (Å²) in [5, 5.41) is 6.90. The SMILES string of the molecule is CCOC(=O)C1CCC(NC(=NC)NCc2ccccc2CC)CC1. The number of aryl methyl sites for hydroxylation is 1. The summed E-state index contributed by atoms with van der Waals surface area (Å²) < 4.78 is 5.13. The van der Waals surface area contributed by atoms with Gasteiger partial charge in [-0.1, -0.05) is 31.2 Å². The Bertz CT molecular complexity index is 578. The van der Waals surface area contributed by atoms with Gasteiger partial charge in [0.25, 0.3) is 0 Å². The molecule has 0 aliphatic heterocycles. The second-order valence-electron chi connectivity index (χ2n) is 6.49. The number of nitrogens with one attached hydrogen (secondary N) is 2. The zero-order chi connectivity index (χ0) is 18.1. The summed E-state index contributed by atoms with van der Waals surface area (Å²) in [6.07, 6.45) is 4.73. The second-order valence-corrected chi connectivity index (χ2v) is 6.49. The van der Waals surface area contributed by atoms with E-state index in [1.54, 1.807) is 7.05 Å². The van der Waals surface area contributed by atoms with Crippen molar-refractivity contribution < 1.29 is 9.53 Å². The van der Waals surface area contributed by atoms with Gasteiger partial charge in [-0.05, 0) is 50.2 Å². The second kappa shape index (κ2) is 10.1. The molecule has 138 valence electrons. The van der Waals surface area contributed by atoms with Crippen molar-refractivity contribution in [3.63, 3.8) is 0 Å². The van der Waals surface area contributed by atoms with Crippen LogP contribution in [0.1, 0.15) is 50.7 Å². The van der Waals surface area contributed by atoms with Crippen LogP contribution in [-0.4, -0.2) is 31.6 Å². The number of hydrogen-bond acceptors (Lipinski definition) is 3. The molecule has 1 aromatic carbocycles. The van der Waals surface area contributed by atoms with E-state index >= 15 is 0 Å². The van der Waals surface area contributed by atoms with Gasteiger partial charge in [-0.25, -0.2) is 0 Å². The Labute approximate surface area is 151 Å². The number of rotatable bonds is 6. The molecule has 2 N–H and O–H groups in total. The van der Waals surface area contributed by atoms with Gasteiger partial charge in [0.05, 0.1) is 12.5 Å². The summed E-state index contributed by atoms with van der Waals surface area (Å²) in [5.41, 5.74) is 2.67. The van der Waals surface area contributed by atoms with E-state index in [0.29, 0.717) is 12.6 Å². The molecule has 2 rings (SSSR count). The van der Waals surface area contributed by atoms with Crippen LogP contribution in [0.25, 0.3) is 0 Å². The minimum atomic E-state index is -0.0420. The number of guanidine groups is 1. The topological polar surface area (TPSA) is 62.7 Å². The van der Waals surface area contributed by atoms with E-state index in [9.17, 15) is 4.79 Å². The van der Waals surface area contributed by atoms with Gasteiger partial charge in [-0.15, -0.1) is 0 Å². The molecule has 1 aliphatic rings. The Morgan fingerprint density at radius 3 is 2.44 bits per heavy atom. The number of aliphatic imine (C=N–C) groups is 1. The van der Waals surface area contributed by atoms with Crippen LogP contribution in [0.15, 0.2) is 29.3 Å². The van der Waals surface area contributed by atoms with Crippen molar-refractivity contribution in [2.75, 3.05) is 13.7 Å². The molecule has 0 atom stereocenters. The lowest BCUT2D eigenvalue weighted by Crippen LogP contribution is -2.45. The maximum absolute atomic E-state index is 11.8. The first kappa shape index (κ1) is 19.3. The van der Waals surface area contributed by atoms with Crippen molar-refractivity contribution in [2.24, 2.45) is 10.9 Å². The predicted molar refractivity (Wildman–Crippen MR) is 102 cm³/mol. The highest BCUT2D eigenvalue weighted by Gasteiger charge is 2.27. The molecule has 0 amide bonds. The first-order valence-electron chi connectivity index (χ1n) is 9.38. The molecule has 25 heavy (non-hydrogen) atoms. The molecule has 0 spiro atoms. The standard InChI is InChI=1S/C20H31N3O2/c1-4-15-8-6-7-9-17(15)14-22-20(21-3)23-18-12-10-16(11-13-18)19(24)25-5-2/h6-9,16,18H,4-5,10-14H2,1-3H3,(H2,21,22,23). The number of benzene rings is 1. The lowest BCUT2D eigenvalue weighted by atomic mass is 9.86. The lowest BCUT2D eigenvalue weighted by Gasteiger charge is -2.29. The van der Waals surface area contributed by atoms with Crippen LogP contribution in [0, 0.1) is 5.92 Å². The van der Waals surface area contributed by atoms with Crippen molar-refractivity contribution in [1.29, 1.82) is 0 Å². The first-order chi connectivity index (χ1) is 12.2. The number of nitrogens with zero attached hydrogens (tertiary/aromatic N) is 1. The Balaban J connectivity index is 1.80. The van der Waals surface area contributed by atoms with Crippen LogP contribution in [0.4, 0.5) is 0 Å². The van der Waals surface area contributed by atoms with Gasteiger partial charge in [0.15, 0.2) is 5.96 Å². The van der Waals surface area contributed by atoms with Gasteiger partial charge in [-0.2, -0.15) is 0 Å². The summed E-state index contributed by atoms with van der Waals surface area (Å²) >= 11 is 0. The van der Waals surface area contributed by atoms with Crippen LogP contribution in [-0.2, 0) is 22.5 Å². The van der Waals surface area contributed by atoms with E-state index in [1.807, 2.05) is 6.92 Å². The number of ether oxygens (including phenoxy) is 1. The van der Waals surface area contributed by atoms with Crippen LogP contribution in [0.5, 0.6) is 0 Å². The Morgan fingerprint density at radius 2 is 1.84 bits per heavy atom. The van der Waals surface area contributed by atoms with Gasteiger partial charge in [0, 0.05) is 19.6 Å². The Kier molecular flexibility index (Phi) is 7.76. The van der Waals surface area contributed by atoms with Crippen molar-refractivity contribution in [1.82, 2.24) is 10.6 Å². The monoisotopic (exact) mass is 345 g/mol. The molecular formula is C20H31N3O2. The van der Waals surface area contributed by atoms with Gasteiger partial charge in [0.1, 0.15) is 0 Å². The highest BCUT2D eigenvalue weighted by Crippen LogP contribution is 2.25. The Hall–Kier alpha value is -2.04. The molecule has 1 aliphatic carbocycles. The number of hydrogen-bond donors (Lipinski definition) is 2. The van der Waals surface area contributed by atoms with Crippen LogP contribution < -0.4 is 10.6 Å². The Morgan fingerprint density at radius 1 is 1.16 bits per heavy atom. The average Bonchev–Trinajstić information content (AvgIpc) is 2.66. The molecule has 1 aromatic rings. The molecule has 5 nitrogen and oxygen atoms in total. The van der Waals surface area contributed by atoms with E-state index in [4.69, 9.17) is 4.74 Å². The summed E-state index contributed by atoms with van der Waals surface area (Å²) in [7, 11) is 1.80. The first-order valence-corrected chi connectivity index (χ1v) is 9.38. The highest BCUT2D eigenvalue weighted by molar-refractivity contribution is 5.80. The lowest BCUT2D eigenvalue weighted by molar-refractivity contribution is -0.149. The predicted octanol–water partition coefficient (Wildman–Crippen LogP) is 3.04. The molecule has 0 radical (unpaired) electrons. The summed E-state index contributed by atoms with van der Waals surface area (Å²) in [4.78, 5) is 16.2. The van der Waals surface area contributed by atoms with Crippen LogP contribution >= 0.6 is 0 Å². The maximum atomic E-state index is 11.8. The summed E-state index contributed by atoms with van der Waals surface area (Å²) in [6.45, 7) is 5.26. The third-order valence-corrected chi connectivity index (χ3v) is 4.86. The van der Waals surface area contributed by atoms with Crippen molar-refractivity contribution in [3.8, 4) is 0 Å². The molecule has 0 unspecified atom stereocenters. The van der Waals surface area contributed by atoms with E-state index < -0.39 is 0 Å². The van der Waals surface area contributed by atoms with Crippen LogP contribution in [0.2, 0.25) is 0 Å². The molecule has 1 saturated carbocycles. The molecule has 0 bridgehead atoms. The molecule has 0 saturated heterocycles. The van der Waals surface area contributed by atoms with Crippen molar-refractivity contribution >= 4 is 11.9 Å². The van der Waals surface area contributed by atoms with E-state index in [2.05, 4.69) is 46.8 Å². The molecule has 0 aromatic heterocycles. The van der Waals surface area contributed by atoms with Gasteiger partial charge in [0.2, 0.25) is 0 Å². The summed E-state index contributed by atoms with van der Waals surface area (Å²) in [6, 6.07) is 8.84. The third-order valence-electron chi connectivity index (χ3n) is 4.86. The summed E-state index contributed by atoms with van der Waals surface area (Å²) in [5.74, 6) is 0.842. The van der Waals surface area contributed by atoms with Crippen molar-refractivity contribution in [2.45, 2.75) is 58.5 Å². The number of carbonyl (C=O) groups excluding carboxylic acids is 1. The fourth-order valence-electron chi connectivity index (χ4n) is 3.38. The van der Waals surface area contributed by atoms with Gasteiger partial charge < -0.3 is 15.4 Å². The average molecular weight is 345 g/mol. The van der Waals surface area contributed by atoms with E-state index in [-0.39, 0.29) is 11.9 Å². The molecular weight excluding hydrogens is 314 g/mol. The fourth-order valence-corrected chi connectivity index (χ4v) is 3.38. The fraction of sp³-hybridized carbons (Fsp3) is 0.600. The smallest absolute Gasteiger partial charge is 0.308 e. The minimum absolute atomic E-state index is 0.0420. The third kappa shape index (κ3) is 5.76. The maximum Gasteiger partial charge on any atom is 0.308 e. The van der Waals surface area contributed by atoms with Gasteiger partial charge >= 0.3 is 5.97 Å².